The highest BCUT2D eigenvalue weighted by Crippen LogP contribution is 2.40. The van der Waals surface area contributed by atoms with Gasteiger partial charge in [-0.05, 0) is 31.6 Å². The Hall–Kier alpha value is -0.160. The third kappa shape index (κ3) is 2.63. The molecule has 1 aliphatic carbocycles. The molecule has 3 aliphatic rings. The average Bonchev–Trinajstić information content (AvgIpc) is 2.86. The molecule has 0 aromatic carbocycles. The molecule has 5 atom stereocenters. The van der Waals surface area contributed by atoms with Crippen LogP contribution in [0.2, 0.25) is 0 Å². The van der Waals surface area contributed by atoms with E-state index in [2.05, 4.69) is 25.7 Å². The molecule has 3 fully saturated rings. The minimum atomic E-state index is -0.329. The number of nitrogens with two attached hydrogens (primary N) is 1. The first-order chi connectivity index (χ1) is 9.51. The zero-order chi connectivity index (χ0) is 14.3. The fourth-order valence-electron chi connectivity index (χ4n) is 4.47. The summed E-state index contributed by atoms with van der Waals surface area (Å²) >= 11 is 0. The first kappa shape index (κ1) is 14.8. The van der Waals surface area contributed by atoms with Crippen molar-refractivity contribution in [2.45, 2.75) is 70.4 Å². The number of likely N-dealkylation sites (tertiary alicyclic amines) is 1. The highest BCUT2D eigenvalue weighted by atomic mass is 16.7. The third-order valence-corrected chi connectivity index (χ3v) is 5.76. The lowest BCUT2D eigenvalue weighted by Gasteiger charge is -2.51. The van der Waals surface area contributed by atoms with E-state index >= 15 is 0 Å². The summed E-state index contributed by atoms with van der Waals surface area (Å²) in [6.45, 7) is 9.75. The van der Waals surface area contributed by atoms with Crippen LogP contribution in [0.4, 0.5) is 0 Å². The minimum absolute atomic E-state index is 0.258. The normalized spacial score (nSPS) is 45.9. The van der Waals surface area contributed by atoms with Gasteiger partial charge in [0.1, 0.15) is 0 Å². The van der Waals surface area contributed by atoms with Crippen LogP contribution in [0.25, 0.3) is 0 Å². The summed E-state index contributed by atoms with van der Waals surface area (Å²) in [7, 11) is 0. The SMILES string of the molecule is CC1CC(C)C(C)N(C2CC3(CCC2N)OCCO3)C1. The Morgan fingerprint density at radius 1 is 1.15 bits per heavy atom. The molecular weight excluding hydrogens is 252 g/mol. The molecule has 0 aromatic rings. The Kier molecular flexibility index (Phi) is 4.10. The summed E-state index contributed by atoms with van der Waals surface area (Å²) in [6.07, 6.45) is 4.24. The van der Waals surface area contributed by atoms with Gasteiger partial charge < -0.3 is 15.2 Å². The van der Waals surface area contributed by atoms with E-state index < -0.39 is 0 Å². The Morgan fingerprint density at radius 3 is 2.55 bits per heavy atom. The number of piperidine rings is 1. The molecule has 1 saturated carbocycles. The molecule has 3 rings (SSSR count). The van der Waals surface area contributed by atoms with Crippen LogP contribution in [0.5, 0.6) is 0 Å². The molecule has 1 spiro atoms. The van der Waals surface area contributed by atoms with Gasteiger partial charge in [0.2, 0.25) is 0 Å². The van der Waals surface area contributed by atoms with Crippen molar-refractivity contribution in [2.75, 3.05) is 19.8 Å². The lowest BCUT2D eigenvalue weighted by Crippen LogP contribution is -2.61. The van der Waals surface area contributed by atoms with Crippen molar-refractivity contribution in [2.24, 2.45) is 17.6 Å². The number of ether oxygens (including phenoxy) is 2. The molecular formula is C16H30N2O2. The summed E-state index contributed by atoms with van der Waals surface area (Å²) < 4.78 is 11.9. The molecule has 0 bridgehead atoms. The van der Waals surface area contributed by atoms with Crippen molar-refractivity contribution in [3.63, 3.8) is 0 Å². The fraction of sp³-hybridized carbons (Fsp3) is 1.00. The van der Waals surface area contributed by atoms with Gasteiger partial charge in [0.15, 0.2) is 5.79 Å². The summed E-state index contributed by atoms with van der Waals surface area (Å²) in [6, 6.07) is 1.27. The Morgan fingerprint density at radius 2 is 1.85 bits per heavy atom. The molecule has 2 saturated heterocycles. The van der Waals surface area contributed by atoms with Crippen molar-refractivity contribution in [3.05, 3.63) is 0 Å². The Labute approximate surface area is 123 Å². The number of nitrogens with zero attached hydrogens (tertiary/aromatic N) is 1. The van der Waals surface area contributed by atoms with E-state index in [-0.39, 0.29) is 11.8 Å². The molecule has 2 N–H and O–H groups in total. The second kappa shape index (κ2) is 5.56. The first-order valence-electron chi connectivity index (χ1n) is 8.30. The van der Waals surface area contributed by atoms with E-state index in [9.17, 15) is 0 Å². The van der Waals surface area contributed by atoms with Gasteiger partial charge in [0.25, 0.3) is 0 Å². The van der Waals surface area contributed by atoms with Crippen LogP contribution in [0.3, 0.4) is 0 Å². The van der Waals surface area contributed by atoms with Crippen molar-refractivity contribution in [3.8, 4) is 0 Å². The maximum atomic E-state index is 6.46. The summed E-state index contributed by atoms with van der Waals surface area (Å²) in [5.74, 6) is 1.18. The molecule has 2 aliphatic heterocycles. The summed E-state index contributed by atoms with van der Waals surface area (Å²) in [5.41, 5.74) is 6.46. The average molecular weight is 282 g/mol. The van der Waals surface area contributed by atoms with Gasteiger partial charge in [-0.2, -0.15) is 0 Å². The van der Waals surface area contributed by atoms with Crippen molar-refractivity contribution >= 4 is 0 Å². The van der Waals surface area contributed by atoms with Gasteiger partial charge in [0.05, 0.1) is 13.2 Å². The highest BCUT2D eigenvalue weighted by Gasteiger charge is 2.47. The minimum Gasteiger partial charge on any atom is -0.347 e. The lowest BCUT2D eigenvalue weighted by molar-refractivity contribution is -0.196. The predicted molar refractivity (Wildman–Crippen MR) is 79.4 cm³/mol. The van der Waals surface area contributed by atoms with Gasteiger partial charge >= 0.3 is 0 Å². The van der Waals surface area contributed by atoms with Crippen LogP contribution in [0.15, 0.2) is 0 Å². The van der Waals surface area contributed by atoms with E-state index in [0.717, 1.165) is 44.3 Å². The zero-order valence-corrected chi connectivity index (χ0v) is 13.2. The van der Waals surface area contributed by atoms with E-state index in [1.54, 1.807) is 0 Å². The molecule has 116 valence electrons. The fourth-order valence-corrected chi connectivity index (χ4v) is 4.47. The number of rotatable bonds is 1. The van der Waals surface area contributed by atoms with Crippen LogP contribution in [-0.4, -0.2) is 48.6 Å². The van der Waals surface area contributed by atoms with Crippen molar-refractivity contribution in [1.29, 1.82) is 0 Å². The van der Waals surface area contributed by atoms with E-state index in [1.807, 2.05) is 0 Å². The molecule has 0 aromatic heterocycles. The van der Waals surface area contributed by atoms with Gasteiger partial charge in [0, 0.05) is 37.5 Å². The largest absolute Gasteiger partial charge is 0.347 e. The Balaban J connectivity index is 1.76. The van der Waals surface area contributed by atoms with Gasteiger partial charge in [-0.3, -0.25) is 4.90 Å². The topological polar surface area (TPSA) is 47.7 Å². The van der Waals surface area contributed by atoms with E-state index in [0.29, 0.717) is 12.1 Å². The van der Waals surface area contributed by atoms with Gasteiger partial charge in [-0.15, -0.1) is 0 Å². The molecule has 0 radical (unpaired) electrons. The predicted octanol–water partition coefficient (Wildman–Crippen LogP) is 1.98. The first-order valence-corrected chi connectivity index (χ1v) is 8.30. The van der Waals surface area contributed by atoms with Crippen LogP contribution in [0, 0.1) is 11.8 Å². The Bertz CT molecular complexity index is 343. The standard InChI is InChI=1S/C16H30N2O2/c1-11-8-12(2)13(3)18(10-11)15-9-16(5-4-14(15)17)19-6-7-20-16/h11-15H,4-10,17H2,1-3H3. The third-order valence-electron chi connectivity index (χ3n) is 5.76. The highest BCUT2D eigenvalue weighted by molar-refractivity contribution is 4.98. The van der Waals surface area contributed by atoms with Gasteiger partial charge in [-0.25, -0.2) is 0 Å². The van der Waals surface area contributed by atoms with E-state index in [1.165, 1.54) is 13.0 Å². The molecule has 4 nitrogen and oxygen atoms in total. The van der Waals surface area contributed by atoms with Crippen LogP contribution in [0.1, 0.15) is 46.5 Å². The number of hydrogen-bond donors (Lipinski definition) is 1. The quantitative estimate of drug-likeness (QED) is 0.799. The maximum Gasteiger partial charge on any atom is 0.170 e. The van der Waals surface area contributed by atoms with Crippen molar-refractivity contribution < 1.29 is 9.47 Å². The van der Waals surface area contributed by atoms with E-state index in [4.69, 9.17) is 15.2 Å². The van der Waals surface area contributed by atoms with Crippen LogP contribution in [-0.2, 0) is 9.47 Å². The second-order valence-corrected chi connectivity index (χ2v) is 7.34. The second-order valence-electron chi connectivity index (χ2n) is 7.34. The summed E-state index contributed by atoms with van der Waals surface area (Å²) in [5, 5.41) is 0. The molecule has 5 unspecified atom stereocenters. The zero-order valence-electron chi connectivity index (χ0n) is 13.2. The molecule has 2 heterocycles. The molecule has 20 heavy (non-hydrogen) atoms. The summed E-state index contributed by atoms with van der Waals surface area (Å²) in [4.78, 5) is 2.65. The molecule has 0 amide bonds. The van der Waals surface area contributed by atoms with Crippen LogP contribution >= 0.6 is 0 Å². The smallest absolute Gasteiger partial charge is 0.170 e. The van der Waals surface area contributed by atoms with Crippen molar-refractivity contribution in [1.82, 2.24) is 4.90 Å². The lowest BCUT2D eigenvalue weighted by atomic mass is 9.79. The van der Waals surface area contributed by atoms with Crippen LogP contribution < -0.4 is 5.73 Å². The number of hydrogen-bond acceptors (Lipinski definition) is 4. The maximum absolute atomic E-state index is 6.46. The molecule has 4 heteroatoms. The monoisotopic (exact) mass is 282 g/mol. The van der Waals surface area contributed by atoms with Gasteiger partial charge in [-0.1, -0.05) is 13.8 Å².